The highest BCUT2D eigenvalue weighted by Crippen LogP contribution is 2.15. The minimum Gasteiger partial charge on any atom is -0.312 e. The summed E-state index contributed by atoms with van der Waals surface area (Å²) in [5.74, 6) is 0. The van der Waals surface area contributed by atoms with Crippen molar-refractivity contribution < 1.29 is 0 Å². The average Bonchev–Trinajstić information content (AvgIpc) is 2.79. The second kappa shape index (κ2) is 6.13. The fourth-order valence-electron chi connectivity index (χ4n) is 1.44. The number of nitrogens with zero attached hydrogens (tertiary/aromatic N) is 1. The fourth-order valence-corrected chi connectivity index (χ4v) is 2.46. The predicted molar refractivity (Wildman–Crippen MR) is 71.7 cm³/mol. The highest BCUT2D eigenvalue weighted by atomic mass is 79.9. The van der Waals surface area contributed by atoms with Crippen LogP contribution in [0.2, 0.25) is 0 Å². The molecule has 2 rings (SSSR count). The maximum Gasteiger partial charge on any atom is 0.0794 e. The molecule has 2 nitrogen and oxygen atoms in total. The van der Waals surface area contributed by atoms with Crippen LogP contribution >= 0.6 is 27.3 Å². The van der Waals surface area contributed by atoms with Gasteiger partial charge in [0.25, 0.3) is 0 Å². The first-order valence-corrected chi connectivity index (χ1v) is 6.91. The first kappa shape index (κ1) is 11.8. The van der Waals surface area contributed by atoms with Gasteiger partial charge in [0, 0.05) is 29.4 Å². The lowest BCUT2D eigenvalue weighted by molar-refractivity contribution is 0.680. The SMILES string of the molecule is Brc1ccccc1CNCCc1cscn1. The van der Waals surface area contributed by atoms with Crippen LogP contribution in [0.5, 0.6) is 0 Å². The summed E-state index contributed by atoms with van der Waals surface area (Å²) in [4.78, 5) is 4.25. The number of hydrogen-bond donors (Lipinski definition) is 1. The fraction of sp³-hybridized carbons (Fsp3) is 0.250. The molecule has 0 aliphatic heterocycles. The van der Waals surface area contributed by atoms with E-state index in [-0.39, 0.29) is 0 Å². The van der Waals surface area contributed by atoms with Gasteiger partial charge in [0.15, 0.2) is 0 Å². The van der Waals surface area contributed by atoms with Gasteiger partial charge in [-0.3, -0.25) is 0 Å². The Kier molecular flexibility index (Phi) is 4.51. The lowest BCUT2D eigenvalue weighted by Gasteiger charge is -2.05. The maximum absolute atomic E-state index is 4.25. The number of nitrogens with one attached hydrogen (secondary N) is 1. The molecule has 0 bridgehead atoms. The van der Waals surface area contributed by atoms with E-state index in [9.17, 15) is 0 Å². The number of rotatable bonds is 5. The van der Waals surface area contributed by atoms with Gasteiger partial charge in [-0.1, -0.05) is 34.1 Å². The van der Waals surface area contributed by atoms with E-state index >= 15 is 0 Å². The van der Waals surface area contributed by atoms with E-state index in [1.165, 1.54) is 11.3 Å². The topological polar surface area (TPSA) is 24.9 Å². The van der Waals surface area contributed by atoms with Crippen molar-refractivity contribution in [2.75, 3.05) is 6.54 Å². The Labute approximate surface area is 108 Å². The number of halogens is 1. The molecule has 1 aromatic carbocycles. The van der Waals surface area contributed by atoms with Crippen molar-refractivity contribution >= 4 is 27.3 Å². The van der Waals surface area contributed by atoms with Gasteiger partial charge in [0.2, 0.25) is 0 Å². The lowest BCUT2D eigenvalue weighted by atomic mass is 10.2. The molecule has 0 atom stereocenters. The van der Waals surface area contributed by atoms with Gasteiger partial charge in [-0.05, 0) is 11.6 Å². The molecule has 0 saturated carbocycles. The molecule has 1 heterocycles. The van der Waals surface area contributed by atoms with Crippen LogP contribution in [0.1, 0.15) is 11.3 Å². The second-order valence-corrected chi connectivity index (χ2v) is 5.07. The predicted octanol–water partition coefficient (Wildman–Crippen LogP) is 3.24. The molecule has 2 aromatic rings. The van der Waals surface area contributed by atoms with Crippen LogP contribution in [0.4, 0.5) is 0 Å². The van der Waals surface area contributed by atoms with Gasteiger partial charge in [-0.15, -0.1) is 11.3 Å². The van der Waals surface area contributed by atoms with Crippen molar-refractivity contribution in [1.29, 1.82) is 0 Å². The molecular formula is C12H13BrN2S. The van der Waals surface area contributed by atoms with Crippen LogP contribution in [-0.4, -0.2) is 11.5 Å². The summed E-state index contributed by atoms with van der Waals surface area (Å²) >= 11 is 5.19. The van der Waals surface area contributed by atoms with Crippen molar-refractivity contribution in [1.82, 2.24) is 10.3 Å². The summed E-state index contributed by atoms with van der Waals surface area (Å²) in [5.41, 5.74) is 4.34. The molecule has 0 fully saturated rings. The lowest BCUT2D eigenvalue weighted by Crippen LogP contribution is -2.17. The standard InChI is InChI=1S/C12H13BrN2S/c13-12-4-2-1-3-10(12)7-14-6-5-11-8-16-9-15-11/h1-4,8-9,14H,5-7H2. The van der Waals surface area contributed by atoms with Crippen molar-refractivity contribution in [3.05, 3.63) is 50.9 Å². The molecule has 0 saturated heterocycles. The van der Waals surface area contributed by atoms with E-state index in [0.717, 1.165) is 24.0 Å². The van der Waals surface area contributed by atoms with Crippen LogP contribution in [0.15, 0.2) is 39.6 Å². The van der Waals surface area contributed by atoms with Gasteiger partial charge >= 0.3 is 0 Å². The molecule has 16 heavy (non-hydrogen) atoms. The summed E-state index contributed by atoms with van der Waals surface area (Å²) in [6, 6.07) is 8.28. The molecule has 4 heteroatoms. The minimum absolute atomic E-state index is 0.894. The largest absolute Gasteiger partial charge is 0.312 e. The van der Waals surface area contributed by atoms with E-state index in [1.807, 2.05) is 11.6 Å². The van der Waals surface area contributed by atoms with Crippen molar-refractivity contribution in [3.8, 4) is 0 Å². The normalized spacial score (nSPS) is 10.6. The van der Waals surface area contributed by atoms with Crippen LogP contribution in [-0.2, 0) is 13.0 Å². The minimum atomic E-state index is 0.894. The summed E-state index contributed by atoms with van der Waals surface area (Å²) in [5, 5.41) is 5.51. The summed E-state index contributed by atoms with van der Waals surface area (Å²) in [6.07, 6.45) is 0.994. The molecule has 0 aliphatic rings. The Morgan fingerprint density at radius 2 is 2.19 bits per heavy atom. The van der Waals surface area contributed by atoms with E-state index in [4.69, 9.17) is 0 Å². The Hall–Kier alpha value is -0.710. The molecule has 0 radical (unpaired) electrons. The maximum atomic E-state index is 4.25. The zero-order chi connectivity index (χ0) is 11.2. The van der Waals surface area contributed by atoms with E-state index in [0.29, 0.717) is 0 Å². The number of aromatic nitrogens is 1. The van der Waals surface area contributed by atoms with Gasteiger partial charge in [0.1, 0.15) is 0 Å². The van der Waals surface area contributed by atoms with Crippen molar-refractivity contribution in [2.45, 2.75) is 13.0 Å². The van der Waals surface area contributed by atoms with Crippen LogP contribution < -0.4 is 5.32 Å². The monoisotopic (exact) mass is 296 g/mol. The van der Waals surface area contributed by atoms with Gasteiger partial charge in [-0.25, -0.2) is 4.98 Å². The van der Waals surface area contributed by atoms with Crippen molar-refractivity contribution in [2.24, 2.45) is 0 Å². The third-order valence-corrected chi connectivity index (χ3v) is 3.72. The Morgan fingerprint density at radius 1 is 1.31 bits per heavy atom. The average molecular weight is 297 g/mol. The summed E-state index contributed by atoms with van der Waals surface area (Å²) < 4.78 is 1.16. The van der Waals surface area contributed by atoms with Crippen LogP contribution in [0, 0.1) is 0 Å². The zero-order valence-corrected chi connectivity index (χ0v) is 11.2. The molecule has 0 unspecified atom stereocenters. The first-order valence-electron chi connectivity index (χ1n) is 5.17. The van der Waals surface area contributed by atoms with E-state index < -0.39 is 0 Å². The third kappa shape index (κ3) is 3.40. The zero-order valence-electron chi connectivity index (χ0n) is 8.82. The molecule has 0 aliphatic carbocycles. The molecule has 0 amide bonds. The third-order valence-electron chi connectivity index (χ3n) is 2.31. The number of benzene rings is 1. The van der Waals surface area contributed by atoms with E-state index in [2.05, 4.69) is 49.8 Å². The number of thiazole rings is 1. The van der Waals surface area contributed by atoms with Crippen LogP contribution in [0.25, 0.3) is 0 Å². The highest BCUT2D eigenvalue weighted by molar-refractivity contribution is 9.10. The summed E-state index contributed by atoms with van der Waals surface area (Å²) in [6.45, 7) is 1.86. The van der Waals surface area contributed by atoms with Gasteiger partial charge in [-0.2, -0.15) is 0 Å². The smallest absolute Gasteiger partial charge is 0.0794 e. The van der Waals surface area contributed by atoms with E-state index in [1.54, 1.807) is 11.3 Å². The Morgan fingerprint density at radius 3 is 2.94 bits per heavy atom. The highest BCUT2D eigenvalue weighted by Gasteiger charge is 1.98. The molecule has 1 aromatic heterocycles. The molecule has 0 spiro atoms. The van der Waals surface area contributed by atoms with Crippen molar-refractivity contribution in [3.63, 3.8) is 0 Å². The van der Waals surface area contributed by atoms with Gasteiger partial charge in [0.05, 0.1) is 11.2 Å². The van der Waals surface area contributed by atoms with Gasteiger partial charge < -0.3 is 5.32 Å². The Bertz CT molecular complexity index is 428. The Balaban J connectivity index is 1.74. The number of hydrogen-bond acceptors (Lipinski definition) is 3. The molecule has 84 valence electrons. The summed E-state index contributed by atoms with van der Waals surface area (Å²) in [7, 11) is 0. The quantitative estimate of drug-likeness (QED) is 0.857. The first-order chi connectivity index (χ1) is 7.86. The second-order valence-electron chi connectivity index (χ2n) is 3.50. The van der Waals surface area contributed by atoms with Crippen LogP contribution in [0.3, 0.4) is 0 Å². The molecule has 1 N–H and O–H groups in total. The molecular weight excluding hydrogens is 284 g/mol.